The lowest BCUT2D eigenvalue weighted by Crippen LogP contribution is -2.23. The molecule has 2 rings (SSSR count). The fraction of sp³-hybridized carbons (Fsp3) is 0.571. The summed E-state index contributed by atoms with van der Waals surface area (Å²) < 4.78 is 0. The summed E-state index contributed by atoms with van der Waals surface area (Å²) in [5.41, 5.74) is 2.78. The minimum atomic E-state index is 0.552. The second-order valence-corrected chi connectivity index (χ2v) is 4.78. The van der Waals surface area contributed by atoms with Gasteiger partial charge in [-0.25, -0.2) is 0 Å². The van der Waals surface area contributed by atoms with Crippen molar-refractivity contribution < 1.29 is 0 Å². The number of rotatable bonds is 4. The lowest BCUT2D eigenvalue weighted by atomic mass is 9.79. The Bertz CT molecular complexity index is 298. The number of benzene rings is 1. The van der Waals surface area contributed by atoms with Crippen LogP contribution < -0.4 is 5.32 Å². The SMILES string of the molecule is CNC(CC1CCC1)c1ccc(C)cc1. The number of hydrogen-bond donors (Lipinski definition) is 1. The molecule has 1 aliphatic rings. The zero-order chi connectivity index (χ0) is 10.7. The molecule has 1 aromatic carbocycles. The summed E-state index contributed by atoms with van der Waals surface area (Å²) in [5, 5.41) is 3.44. The van der Waals surface area contributed by atoms with Gasteiger partial charge in [0.1, 0.15) is 0 Å². The highest BCUT2D eigenvalue weighted by Crippen LogP contribution is 2.34. The molecule has 0 bridgehead atoms. The summed E-state index contributed by atoms with van der Waals surface area (Å²) in [6, 6.07) is 9.49. The van der Waals surface area contributed by atoms with E-state index in [0.29, 0.717) is 6.04 Å². The average Bonchev–Trinajstić information content (AvgIpc) is 2.19. The highest BCUT2D eigenvalue weighted by molar-refractivity contribution is 5.24. The monoisotopic (exact) mass is 203 g/mol. The van der Waals surface area contributed by atoms with Crippen LogP contribution >= 0.6 is 0 Å². The van der Waals surface area contributed by atoms with Crippen molar-refractivity contribution >= 4 is 0 Å². The molecule has 1 fully saturated rings. The van der Waals surface area contributed by atoms with Gasteiger partial charge in [-0.3, -0.25) is 0 Å². The molecule has 0 spiro atoms. The molecule has 1 unspecified atom stereocenters. The highest BCUT2D eigenvalue weighted by Gasteiger charge is 2.21. The first-order chi connectivity index (χ1) is 7.29. The van der Waals surface area contributed by atoms with E-state index < -0.39 is 0 Å². The van der Waals surface area contributed by atoms with Crippen molar-refractivity contribution in [2.45, 2.75) is 38.6 Å². The van der Waals surface area contributed by atoms with Crippen molar-refractivity contribution in [3.8, 4) is 0 Å². The molecule has 1 heteroatoms. The molecule has 1 aliphatic carbocycles. The molecule has 82 valence electrons. The van der Waals surface area contributed by atoms with Gasteiger partial charge in [0, 0.05) is 6.04 Å². The normalized spacial score (nSPS) is 18.5. The Morgan fingerprint density at radius 1 is 1.27 bits per heavy atom. The maximum absolute atomic E-state index is 3.44. The molecule has 0 aromatic heterocycles. The van der Waals surface area contributed by atoms with Crippen LogP contribution in [0.5, 0.6) is 0 Å². The van der Waals surface area contributed by atoms with E-state index >= 15 is 0 Å². The number of hydrogen-bond acceptors (Lipinski definition) is 1. The molecule has 0 aliphatic heterocycles. The van der Waals surface area contributed by atoms with Crippen LogP contribution in [-0.2, 0) is 0 Å². The Balaban J connectivity index is 2.01. The van der Waals surface area contributed by atoms with E-state index in [1.807, 2.05) is 0 Å². The molecule has 1 nitrogen and oxygen atoms in total. The molecule has 0 saturated heterocycles. The minimum absolute atomic E-state index is 0.552. The third kappa shape index (κ3) is 2.60. The summed E-state index contributed by atoms with van der Waals surface area (Å²) in [7, 11) is 2.07. The Morgan fingerprint density at radius 2 is 1.93 bits per heavy atom. The topological polar surface area (TPSA) is 12.0 Å². The third-order valence-electron chi connectivity index (χ3n) is 3.62. The van der Waals surface area contributed by atoms with Crippen LogP contribution in [0.25, 0.3) is 0 Å². The van der Waals surface area contributed by atoms with Crippen molar-refractivity contribution in [2.24, 2.45) is 5.92 Å². The van der Waals surface area contributed by atoms with Crippen LogP contribution in [0.4, 0.5) is 0 Å². The van der Waals surface area contributed by atoms with Gasteiger partial charge in [-0.1, -0.05) is 49.1 Å². The molecule has 0 heterocycles. The average molecular weight is 203 g/mol. The van der Waals surface area contributed by atoms with E-state index in [1.165, 1.54) is 36.8 Å². The molecular formula is C14H21N. The molecule has 1 aromatic rings. The van der Waals surface area contributed by atoms with Gasteiger partial charge in [-0.15, -0.1) is 0 Å². The zero-order valence-electron chi connectivity index (χ0n) is 9.79. The van der Waals surface area contributed by atoms with E-state index in [1.54, 1.807) is 0 Å². The summed E-state index contributed by atoms with van der Waals surface area (Å²) in [4.78, 5) is 0. The highest BCUT2D eigenvalue weighted by atomic mass is 14.9. The maximum atomic E-state index is 3.44. The van der Waals surface area contributed by atoms with Gasteiger partial charge in [-0.2, -0.15) is 0 Å². The van der Waals surface area contributed by atoms with Crippen LogP contribution in [0, 0.1) is 12.8 Å². The van der Waals surface area contributed by atoms with Crippen LogP contribution in [-0.4, -0.2) is 7.05 Å². The van der Waals surface area contributed by atoms with Gasteiger partial charge in [0.05, 0.1) is 0 Å². The second-order valence-electron chi connectivity index (χ2n) is 4.78. The lowest BCUT2D eigenvalue weighted by Gasteiger charge is -2.29. The van der Waals surface area contributed by atoms with Gasteiger partial charge in [-0.05, 0) is 31.9 Å². The molecular weight excluding hydrogens is 182 g/mol. The Morgan fingerprint density at radius 3 is 2.40 bits per heavy atom. The van der Waals surface area contributed by atoms with Crippen LogP contribution in [0.2, 0.25) is 0 Å². The van der Waals surface area contributed by atoms with Gasteiger partial charge >= 0.3 is 0 Å². The van der Waals surface area contributed by atoms with Gasteiger partial charge in [0.25, 0.3) is 0 Å². The summed E-state index contributed by atoms with van der Waals surface area (Å²) in [6.45, 7) is 2.14. The van der Waals surface area contributed by atoms with Crippen molar-refractivity contribution in [1.29, 1.82) is 0 Å². The van der Waals surface area contributed by atoms with E-state index in [0.717, 1.165) is 5.92 Å². The van der Waals surface area contributed by atoms with Crippen LogP contribution in [0.15, 0.2) is 24.3 Å². The summed E-state index contributed by atoms with van der Waals surface area (Å²) in [5.74, 6) is 0.962. The van der Waals surface area contributed by atoms with Crippen molar-refractivity contribution in [2.75, 3.05) is 7.05 Å². The molecule has 1 saturated carbocycles. The van der Waals surface area contributed by atoms with Gasteiger partial charge in [0.2, 0.25) is 0 Å². The third-order valence-corrected chi connectivity index (χ3v) is 3.62. The van der Waals surface area contributed by atoms with Crippen molar-refractivity contribution in [3.05, 3.63) is 35.4 Å². The van der Waals surface area contributed by atoms with Crippen LogP contribution in [0.3, 0.4) is 0 Å². The smallest absolute Gasteiger partial charge is 0.0320 e. The van der Waals surface area contributed by atoms with Gasteiger partial charge in [0.15, 0.2) is 0 Å². The molecule has 0 amide bonds. The quantitative estimate of drug-likeness (QED) is 0.790. The van der Waals surface area contributed by atoms with E-state index in [9.17, 15) is 0 Å². The van der Waals surface area contributed by atoms with Crippen molar-refractivity contribution in [1.82, 2.24) is 5.32 Å². The van der Waals surface area contributed by atoms with E-state index in [4.69, 9.17) is 0 Å². The Labute approximate surface area is 92.9 Å². The predicted molar refractivity (Wildman–Crippen MR) is 64.9 cm³/mol. The minimum Gasteiger partial charge on any atom is -0.313 e. The molecule has 15 heavy (non-hydrogen) atoms. The maximum Gasteiger partial charge on any atom is 0.0320 e. The Hall–Kier alpha value is -0.820. The first kappa shape index (κ1) is 10.7. The van der Waals surface area contributed by atoms with Gasteiger partial charge < -0.3 is 5.32 Å². The van der Waals surface area contributed by atoms with Crippen molar-refractivity contribution in [3.63, 3.8) is 0 Å². The molecule has 0 radical (unpaired) electrons. The lowest BCUT2D eigenvalue weighted by molar-refractivity contribution is 0.265. The first-order valence-electron chi connectivity index (χ1n) is 6.03. The fourth-order valence-corrected chi connectivity index (χ4v) is 2.28. The molecule has 1 N–H and O–H groups in total. The fourth-order valence-electron chi connectivity index (χ4n) is 2.28. The predicted octanol–water partition coefficient (Wildman–Crippen LogP) is 3.45. The molecule has 1 atom stereocenters. The second kappa shape index (κ2) is 4.80. The largest absolute Gasteiger partial charge is 0.313 e. The van der Waals surface area contributed by atoms with E-state index in [-0.39, 0.29) is 0 Å². The standard InChI is InChI=1S/C14H21N/c1-11-6-8-13(9-7-11)14(15-2)10-12-4-3-5-12/h6-9,12,14-15H,3-5,10H2,1-2H3. The summed E-state index contributed by atoms with van der Waals surface area (Å²) in [6.07, 6.45) is 5.61. The van der Waals surface area contributed by atoms with E-state index in [2.05, 4.69) is 43.6 Å². The zero-order valence-corrected chi connectivity index (χ0v) is 9.79. The first-order valence-corrected chi connectivity index (χ1v) is 6.03. The van der Waals surface area contributed by atoms with Crippen LogP contribution in [0.1, 0.15) is 42.9 Å². The number of nitrogens with one attached hydrogen (secondary N) is 1. The summed E-state index contributed by atoms with van der Waals surface area (Å²) >= 11 is 0. The number of aryl methyl sites for hydroxylation is 1. The Kier molecular flexibility index (Phi) is 3.42.